The van der Waals surface area contributed by atoms with Crippen LogP contribution in [0, 0.1) is 0 Å². The van der Waals surface area contributed by atoms with Crippen molar-refractivity contribution < 1.29 is 4.94 Å². The van der Waals surface area contributed by atoms with Gasteiger partial charge in [0.15, 0.2) is 0 Å². The molecular weight excluding hydrogens is 80.0 g/mol. The van der Waals surface area contributed by atoms with E-state index < -0.39 is 0 Å². The van der Waals surface area contributed by atoms with Crippen LogP contribution >= 0.6 is 0 Å². The number of hydrogen-bond donors (Lipinski definition) is 1. The summed E-state index contributed by atoms with van der Waals surface area (Å²) in [7, 11) is 0. The zero-order chi connectivity index (χ0) is 4.41. The van der Waals surface area contributed by atoms with Crippen molar-refractivity contribution in [1.29, 1.82) is 0 Å². The first-order chi connectivity index (χ1) is 2.89. The molecule has 3 nitrogen and oxygen atoms in total. The minimum absolute atomic E-state index is 0.690. The molecule has 6 heavy (non-hydrogen) atoms. The Morgan fingerprint density at radius 3 is 3.00 bits per heavy atom. The maximum Gasteiger partial charge on any atom is 0.0954 e. The summed E-state index contributed by atoms with van der Waals surface area (Å²) in [6.07, 6.45) is 1.50. The maximum atomic E-state index is 4.28. The summed E-state index contributed by atoms with van der Waals surface area (Å²) in [4.78, 5) is 4.28. The molecule has 0 amide bonds. The van der Waals surface area contributed by atoms with Gasteiger partial charge in [-0.1, -0.05) is 11.7 Å². The molecule has 0 aromatic carbocycles. The van der Waals surface area contributed by atoms with Gasteiger partial charge in [0, 0.05) is 0 Å². The van der Waals surface area contributed by atoms with Crippen LogP contribution in [0.15, 0.2) is 17.4 Å². The average molecular weight is 84.1 g/mol. The van der Waals surface area contributed by atoms with Crippen LogP contribution in [0.2, 0.25) is 0 Å². The molecule has 1 heterocycles. The number of oxime groups is 1. The molecule has 0 saturated heterocycles. The molecule has 0 atom stereocenters. The summed E-state index contributed by atoms with van der Waals surface area (Å²) in [5.41, 5.74) is 3.09. The lowest BCUT2D eigenvalue weighted by atomic mass is 10.6. The molecule has 0 unspecified atom stereocenters. The van der Waals surface area contributed by atoms with Gasteiger partial charge in [0.25, 0.3) is 0 Å². The van der Waals surface area contributed by atoms with Gasteiger partial charge in [-0.05, 0) is 0 Å². The van der Waals surface area contributed by atoms with E-state index in [2.05, 4.69) is 22.2 Å². The normalized spacial score (nSPS) is 17.0. The lowest BCUT2D eigenvalue weighted by Crippen LogP contribution is -2.00. The SMILES string of the molecule is C=C1C=NON1. The van der Waals surface area contributed by atoms with Gasteiger partial charge >= 0.3 is 0 Å². The molecule has 0 fully saturated rings. The van der Waals surface area contributed by atoms with Gasteiger partial charge in [-0.3, -0.25) is 4.94 Å². The quantitative estimate of drug-likeness (QED) is 0.449. The molecule has 1 rings (SSSR count). The van der Waals surface area contributed by atoms with Crippen LogP contribution in [0.1, 0.15) is 0 Å². The highest BCUT2D eigenvalue weighted by atomic mass is 16.8. The molecule has 0 bridgehead atoms. The standard InChI is InChI=1S/C3H4N2O/c1-3-2-4-6-5-3/h2,5H,1H2. The molecule has 0 spiro atoms. The van der Waals surface area contributed by atoms with Gasteiger partial charge in [0.1, 0.15) is 0 Å². The lowest BCUT2D eigenvalue weighted by molar-refractivity contribution is 0.0910. The summed E-state index contributed by atoms with van der Waals surface area (Å²) < 4.78 is 0. The molecule has 0 aliphatic carbocycles. The Morgan fingerprint density at radius 1 is 2.00 bits per heavy atom. The fraction of sp³-hybridized carbons (Fsp3) is 0. The zero-order valence-corrected chi connectivity index (χ0v) is 3.14. The smallest absolute Gasteiger partial charge is 0.0954 e. The number of hydrogen-bond acceptors (Lipinski definition) is 3. The van der Waals surface area contributed by atoms with E-state index >= 15 is 0 Å². The second kappa shape index (κ2) is 1.01. The molecule has 3 heteroatoms. The van der Waals surface area contributed by atoms with Crippen molar-refractivity contribution in [2.75, 3.05) is 0 Å². The minimum Gasteiger partial charge on any atom is -0.270 e. The topological polar surface area (TPSA) is 33.6 Å². The van der Waals surface area contributed by atoms with Crippen LogP contribution in [0.4, 0.5) is 0 Å². The van der Waals surface area contributed by atoms with Gasteiger partial charge in [-0.15, -0.1) is 0 Å². The Balaban J connectivity index is 2.59. The summed E-state index contributed by atoms with van der Waals surface area (Å²) in [5.74, 6) is 0. The van der Waals surface area contributed by atoms with E-state index in [4.69, 9.17) is 0 Å². The first kappa shape index (κ1) is 3.21. The minimum atomic E-state index is 0.690. The highest BCUT2D eigenvalue weighted by molar-refractivity contribution is 5.76. The van der Waals surface area contributed by atoms with Crippen molar-refractivity contribution in [3.8, 4) is 0 Å². The van der Waals surface area contributed by atoms with Crippen molar-refractivity contribution in [3.63, 3.8) is 0 Å². The predicted molar refractivity (Wildman–Crippen MR) is 21.9 cm³/mol. The van der Waals surface area contributed by atoms with Gasteiger partial charge in [0.05, 0.1) is 11.9 Å². The largest absolute Gasteiger partial charge is 0.270 e. The number of allylic oxidation sites excluding steroid dienone is 1. The Kier molecular flexibility index (Phi) is 0.538. The number of hydroxylamine groups is 1. The zero-order valence-electron chi connectivity index (χ0n) is 3.14. The van der Waals surface area contributed by atoms with Gasteiger partial charge in [-0.2, -0.15) is 5.48 Å². The van der Waals surface area contributed by atoms with E-state index in [1.807, 2.05) is 0 Å². The van der Waals surface area contributed by atoms with E-state index in [-0.39, 0.29) is 0 Å². The van der Waals surface area contributed by atoms with Crippen LogP contribution in [0.3, 0.4) is 0 Å². The summed E-state index contributed by atoms with van der Waals surface area (Å²) in [5, 5.41) is 3.33. The second-order valence-electron chi connectivity index (χ2n) is 0.953. The predicted octanol–water partition coefficient (Wildman–Crippen LogP) is 0.0207. The second-order valence-corrected chi connectivity index (χ2v) is 0.953. The summed E-state index contributed by atoms with van der Waals surface area (Å²) >= 11 is 0. The first-order valence-electron chi connectivity index (χ1n) is 1.54. The molecule has 1 N–H and O–H groups in total. The highest BCUT2D eigenvalue weighted by Crippen LogP contribution is 1.85. The van der Waals surface area contributed by atoms with Gasteiger partial charge < -0.3 is 0 Å². The van der Waals surface area contributed by atoms with Crippen LogP contribution in [-0.2, 0) is 4.94 Å². The molecule has 0 radical (unpaired) electrons. The summed E-state index contributed by atoms with van der Waals surface area (Å²) in [6.45, 7) is 3.47. The van der Waals surface area contributed by atoms with Gasteiger partial charge in [-0.25, -0.2) is 0 Å². The van der Waals surface area contributed by atoms with Gasteiger partial charge in [0.2, 0.25) is 0 Å². The number of nitrogens with one attached hydrogen (secondary N) is 1. The van der Waals surface area contributed by atoms with Crippen molar-refractivity contribution in [3.05, 3.63) is 12.3 Å². The molecule has 0 aromatic rings. The number of rotatable bonds is 0. The average Bonchev–Trinajstić information content (AvgIpc) is 1.86. The van der Waals surface area contributed by atoms with Crippen LogP contribution in [0.25, 0.3) is 0 Å². The summed E-state index contributed by atoms with van der Waals surface area (Å²) in [6, 6.07) is 0. The van der Waals surface area contributed by atoms with Crippen LogP contribution in [0.5, 0.6) is 0 Å². The van der Waals surface area contributed by atoms with E-state index in [0.29, 0.717) is 5.70 Å². The Hall–Kier alpha value is -0.990. The van der Waals surface area contributed by atoms with Crippen molar-refractivity contribution in [2.45, 2.75) is 0 Å². The number of nitrogens with zero attached hydrogens (tertiary/aromatic N) is 1. The third-order valence-electron chi connectivity index (χ3n) is 0.438. The Bertz CT molecular complexity index is 97.0. The Labute approximate surface area is 35.2 Å². The molecule has 32 valence electrons. The monoisotopic (exact) mass is 84.0 g/mol. The van der Waals surface area contributed by atoms with Crippen LogP contribution in [-0.4, -0.2) is 6.21 Å². The molecule has 0 aromatic heterocycles. The van der Waals surface area contributed by atoms with E-state index in [1.54, 1.807) is 0 Å². The molecule has 1 aliphatic heterocycles. The van der Waals surface area contributed by atoms with E-state index in [1.165, 1.54) is 6.21 Å². The van der Waals surface area contributed by atoms with Crippen LogP contribution < -0.4 is 5.48 Å². The van der Waals surface area contributed by atoms with Crippen molar-refractivity contribution in [2.24, 2.45) is 5.16 Å². The first-order valence-corrected chi connectivity index (χ1v) is 1.54. The maximum absolute atomic E-state index is 4.28. The van der Waals surface area contributed by atoms with Crippen molar-refractivity contribution >= 4 is 6.21 Å². The lowest BCUT2D eigenvalue weighted by Gasteiger charge is -1.84. The third kappa shape index (κ3) is 0.337. The molecule has 0 saturated carbocycles. The molecular formula is C3H4N2O. The fourth-order valence-corrected chi connectivity index (χ4v) is 0.201. The highest BCUT2D eigenvalue weighted by Gasteiger charge is 1.91. The fourth-order valence-electron chi connectivity index (χ4n) is 0.201. The molecule has 1 aliphatic rings. The van der Waals surface area contributed by atoms with E-state index in [0.717, 1.165) is 0 Å². The Morgan fingerprint density at radius 2 is 2.83 bits per heavy atom. The van der Waals surface area contributed by atoms with E-state index in [9.17, 15) is 0 Å². The third-order valence-corrected chi connectivity index (χ3v) is 0.438. The van der Waals surface area contributed by atoms with Crippen molar-refractivity contribution in [1.82, 2.24) is 5.48 Å².